The zero-order chi connectivity index (χ0) is 9.73. The van der Waals surface area contributed by atoms with E-state index in [9.17, 15) is 0 Å². The lowest BCUT2D eigenvalue weighted by molar-refractivity contribution is 0.235. The van der Waals surface area contributed by atoms with Crippen molar-refractivity contribution in [2.24, 2.45) is 5.41 Å². The first-order valence-electron chi connectivity index (χ1n) is 5.86. The normalized spacial score (nSPS) is 19.6. The first-order chi connectivity index (χ1) is 6.14. The zero-order valence-corrected chi connectivity index (χ0v) is 9.60. The highest BCUT2D eigenvalue weighted by molar-refractivity contribution is 4.73. The van der Waals surface area contributed by atoms with Crippen molar-refractivity contribution in [3.8, 4) is 0 Å². The van der Waals surface area contributed by atoms with Gasteiger partial charge in [0.2, 0.25) is 0 Å². The van der Waals surface area contributed by atoms with Crippen LogP contribution >= 0.6 is 0 Å². The minimum atomic E-state index is 0.567. The summed E-state index contributed by atoms with van der Waals surface area (Å²) in [5, 5.41) is 0. The second kappa shape index (κ2) is 4.99. The standard InChI is InChI=1S/C12H25N/c1-4-7-12(2,3)8-11-13-9-5-6-10-13/h4-11H2,1-3H3. The zero-order valence-electron chi connectivity index (χ0n) is 9.60. The van der Waals surface area contributed by atoms with Crippen molar-refractivity contribution in [1.82, 2.24) is 4.90 Å². The van der Waals surface area contributed by atoms with E-state index in [1.165, 1.54) is 51.7 Å². The molecule has 1 saturated heterocycles. The van der Waals surface area contributed by atoms with E-state index >= 15 is 0 Å². The molecule has 1 heteroatoms. The third kappa shape index (κ3) is 4.12. The smallest absolute Gasteiger partial charge is 0.00136 e. The van der Waals surface area contributed by atoms with E-state index in [1.807, 2.05) is 0 Å². The molecule has 0 aliphatic carbocycles. The Balaban J connectivity index is 2.15. The van der Waals surface area contributed by atoms with Crippen molar-refractivity contribution in [3.63, 3.8) is 0 Å². The molecule has 1 aliphatic heterocycles. The Hall–Kier alpha value is -0.0400. The summed E-state index contributed by atoms with van der Waals surface area (Å²) in [5.74, 6) is 0. The summed E-state index contributed by atoms with van der Waals surface area (Å²) < 4.78 is 0. The van der Waals surface area contributed by atoms with E-state index in [0.717, 1.165) is 0 Å². The first-order valence-corrected chi connectivity index (χ1v) is 5.86. The fourth-order valence-corrected chi connectivity index (χ4v) is 2.27. The molecule has 0 radical (unpaired) electrons. The molecule has 0 aromatic carbocycles. The first kappa shape index (κ1) is 11.0. The summed E-state index contributed by atoms with van der Waals surface area (Å²) in [6.07, 6.45) is 6.93. The molecule has 13 heavy (non-hydrogen) atoms. The van der Waals surface area contributed by atoms with E-state index < -0.39 is 0 Å². The van der Waals surface area contributed by atoms with Gasteiger partial charge in [-0.25, -0.2) is 0 Å². The van der Waals surface area contributed by atoms with Gasteiger partial charge in [-0.15, -0.1) is 0 Å². The summed E-state index contributed by atoms with van der Waals surface area (Å²) in [6, 6.07) is 0. The van der Waals surface area contributed by atoms with Gasteiger partial charge in [0.05, 0.1) is 0 Å². The summed E-state index contributed by atoms with van der Waals surface area (Å²) in [7, 11) is 0. The van der Waals surface area contributed by atoms with Gasteiger partial charge < -0.3 is 4.90 Å². The van der Waals surface area contributed by atoms with Crippen LogP contribution in [0.4, 0.5) is 0 Å². The van der Waals surface area contributed by atoms with Gasteiger partial charge in [0.1, 0.15) is 0 Å². The van der Waals surface area contributed by atoms with Crippen LogP contribution in [0.2, 0.25) is 0 Å². The molecule has 78 valence electrons. The molecule has 1 aliphatic rings. The Labute approximate surface area is 83.5 Å². The van der Waals surface area contributed by atoms with Crippen LogP contribution in [-0.2, 0) is 0 Å². The number of rotatable bonds is 5. The van der Waals surface area contributed by atoms with Crippen LogP contribution in [0.1, 0.15) is 52.9 Å². The van der Waals surface area contributed by atoms with Crippen LogP contribution < -0.4 is 0 Å². The van der Waals surface area contributed by atoms with Gasteiger partial charge in [0.15, 0.2) is 0 Å². The fraction of sp³-hybridized carbons (Fsp3) is 1.00. The van der Waals surface area contributed by atoms with Crippen LogP contribution in [0.3, 0.4) is 0 Å². The molecule has 0 aromatic rings. The number of hydrogen-bond acceptors (Lipinski definition) is 1. The predicted octanol–water partition coefficient (Wildman–Crippen LogP) is 3.30. The van der Waals surface area contributed by atoms with Gasteiger partial charge in [0.25, 0.3) is 0 Å². The topological polar surface area (TPSA) is 3.24 Å². The van der Waals surface area contributed by atoms with Crippen molar-refractivity contribution < 1.29 is 0 Å². The minimum absolute atomic E-state index is 0.567. The van der Waals surface area contributed by atoms with Gasteiger partial charge in [-0.2, -0.15) is 0 Å². The molecular weight excluding hydrogens is 158 g/mol. The maximum absolute atomic E-state index is 2.62. The van der Waals surface area contributed by atoms with Crippen LogP contribution in [0.15, 0.2) is 0 Å². The number of hydrogen-bond donors (Lipinski definition) is 0. The summed E-state index contributed by atoms with van der Waals surface area (Å²) >= 11 is 0. The monoisotopic (exact) mass is 183 g/mol. The molecule has 1 rings (SSSR count). The SMILES string of the molecule is CCCC(C)(C)CCN1CCCC1. The van der Waals surface area contributed by atoms with Crippen LogP contribution in [0, 0.1) is 5.41 Å². The van der Waals surface area contributed by atoms with Gasteiger partial charge in [0, 0.05) is 0 Å². The molecule has 0 atom stereocenters. The molecule has 0 amide bonds. The van der Waals surface area contributed by atoms with E-state index in [-0.39, 0.29) is 0 Å². The van der Waals surface area contributed by atoms with E-state index in [2.05, 4.69) is 25.7 Å². The average Bonchev–Trinajstić information content (AvgIpc) is 2.52. The maximum Gasteiger partial charge on any atom is -0.00136 e. The molecule has 1 heterocycles. The highest BCUT2D eigenvalue weighted by Gasteiger charge is 2.19. The number of likely N-dealkylation sites (tertiary alicyclic amines) is 1. The van der Waals surface area contributed by atoms with Crippen LogP contribution in [0.25, 0.3) is 0 Å². The molecule has 0 spiro atoms. The fourth-order valence-electron chi connectivity index (χ4n) is 2.27. The molecule has 0 unspecified atom stereocenters. The summed E-state index contributed by atoms with van der Waals surface area (Å²) in [5.41, 5.74) is 0.567. The Morgan fingerprint density at radius 2 is 1.69 bits per heavy atom. The lowest BCUT2D eigenvalue weighted by atomic mass is 9.84. The second-order valence-electron chi connectivity index (χ2n) is 5.21. The van der Waals surface area contributed by atoms with Crippen molar-refractivity contribution in [3.05, 3.63) is 0 Å². The van der Waals surface area contributed by atoms with Crippen LogP contribution in [-0.4, -0.2) is 24.5 Å². The third-order valence-electron chi connectivity index (χ3n) is 3.23. The van der Waals surface area contributed by atoms with Crippen molar-refractivity contribution in [1.29, 1.82) is 0 Å². The quantitative estimate of drug-likeness (QED) is 0.632. The highest BCUT2D eigenvalue weighted by Crippen LogP contribution is 2.27. The lowest BCUT2D eigenvalue weighted by Crippen LogP contribution is -2.25. The van der Waals surface area contributed by atoms with Gasteiger partial charge in [-0.3, -0.25) is 0 Å². The molecule has 1 fully saturated rings. The predicted molar refractivity (Wildman–Crippen MR) is 59.0 cm³/mol. The molecule has 0 bridgehead atoms. The van der Waals surface area contributed by atoms with E-state index in [0.29, 0.717) is 5.41 Å². The molecule has 0 aromatic heterocycles. The lowest BCUT2D eigenvalue weighted by Gasteiger charge is -2.26. The van der Waals surface area contributed by atoms with Crippen LogP contribution in [0.5, 0.6) is 0 Å². The minimum Gasteiger partial charge on any atom is -0.303 e. The van der Waals surface area contributed by atoms with E-state index in [1.54, 1.807) is 0 Å². The van der Waals surface area contributed by atoms with E-state index in [4.69, 9.17) is 0 Å². The summed E-state index contributed by atoms with van der Waals surface area (Å²) in [4.78, 5) is 2.62. The van der Waals surface area contributed by atoms with Gasteiger partial charge in [-0.1, -0.05) is 27.2 Å². The Kier molecular flexibility index (Phi) is 4.24. The third-order valence-corrected chi connectivity index (χ3v) is 3.23. The summed E-state index contributed by atoms with van der Waals surface area (Å²) in [6.45, 7) is 11.1. The Morgan fingerprint density at radius 1 is 1.08 bits per heavy atom. The van der Waals surface area contributed by atoms with Gasteiger partial charge in [-0.05, 0) is 50.7 Å². The largest absolute Gasteiger partial charge is 0.303 e. The van der Waals surface area contributed by atoms with Crippen molar-refractivity contribution >= 4 is 0 Å². The van der Waals surface area contributed by atoms with Crippen molar-refractivity contribution in [2.75, 3.05) is 19.6 Å². The molecule has 0 N–H and O–H groups in total. The van der Waals surface area contributed by atoms with Crippen molar-refractivity contribution in [2.45, 2.75) is 52.9 Å². The Bertz CT molecular complexity index is 134. The Morgan fingerprint density at radius 3 is 2.23 bits per heavy atom. The average molecular weight is 183 g/mol. The number of nitrogens with zero attached hydrogens (tertiary/aromatic N) is 1. The van der Waals surface area contributed by atoms with Gasteiger partial charge >= 0.3 is 0 Å². The highest BCUT2D eigenvalue weighted by atomic mass is 15.1. The molecular formula is C12H25N. The maximum atomic E-state index is 2.62. The second-order valence-corrected chi connectivity index (χ2v) is 5.21. The molecule has 0 saturated carbocycles. The molecule has 1 nitrogen and oxygen atoms in total.